The third-order valence-corrected chi connectivity index (χ3v) is 6.45. The van der Waals surface area contributed by atoms with E-state index < -0.39 is 0 Å². The molecular formula is C29H39N3O4. The number of Topliss-reactive ketones (excluding diaryl/α,β-unsaturated/α-hetero) is 1. The van der Waals surface area contributed by atoms with Gasteiger partial charge in [-0.05, 0) is 47.1 Å². The van der Waals surface area contributed by atoms with Crippen molar-refractivity contribution in [3.8, 4) is 11.5 Å². The summed E-state index contributed by atoms with van der Waals surface area (Å²) < 4.78 is 5.82. The highest BCUT2D eigenvalue weighted by Gasteiger charge is 2.31. The number of rotatable bonds is 7. The molecule has 3 N–H and O–H groups in total. The summed E-state index contributed by atoms with van der Waals surface area (Å²) in [6.45, 7) is 14.9. The Labute approximate surface area is 214 Å². The minimum absolute atomic E-state index is 0.0198. The number of benzene rings is 2. The van der Waals surface area contributed by atoms with E-state index in [1.54, 1.807) is 30.1 Å². The third kappa shape index (κ3) is 5.40. The van der Waals surface area contributed by atoms with Crippen LogP contribution in [0.4, 0.5) is 0 Å². The number of nitrogens with zero attached hydrogens (tertiary/aromatic N) is 1. The van der Waals surface area contributed by atoms with Crippen LogP contribution in [0.5, 0.6) is 11.5 Å². The van der Waals surface area contributed by atoms with Crippen LogP contribution in [0.2, 0.25) is 0 Å². The number of hydrogen-bond acceptors (Lipinski definition) is 5. The topological polar surface area (TPSA) is 103 Å². The lowest BCUT2D eigenvalue weighted by Crippen LogP contribution is -2.31. The van der Waals surface area contributed by atoms with Gasteiger partial charge in [-0.2, -0.15) is 0 Å². The second-order valence-corrected chi connectivity index (χ2v) is 11.5. The molecule has 3 rings (SSSR count). The number of amides is 1. The van der Waals surface area contributed by atoms with Crippen LogP contribution in [-0.2, 0) is 17.4 Å². The van der Waals surface area contributed by atoms with Crippen molar-refractivity contribution in [3.63, 3.8) is 0 Å². The second kappa shape index (κ2) is 9.96. The third-order valence-electron chi connectivity index (χ3n) is 6.45. The van der Waals surface area contributed by atoms with E-state index in [1.807, 2.05) is 54.5 Å². The molecule has 0 bridgehead atoms. The molecule has 0 aliphatic carbocycles. The molecule has 0 saturated heterocycles. The molecule has 0 atom stereocenters. The summed E-state index contributed by atoms with van der Waals surface area (Å²) in [5, 5.41) is 22.3. The van der Waals surface area contributed by atoms with Crippen molar-refractivity contribution < 1.29 is 19.4 Å². The molecule has 0 unspecified atom stereocenters. The summed E-state index contributed by atoms with van der Waals surface area (Å²) in [7, 11) is 1.56. The maximum absolute atomic E-state index is 13.5. The highest BCUT2D eigenvalue weighted by molar-refractivity contribution is 6.07. The Bertz CT molecular complexity index is 1170. The Morgan fingerprint density at radius 3 is 2.14 bits per heavy atom. The van der Waals surface area contributed by atoms with Crippen LogP contribution in [0, 0.1) is 5.41 Å². The summed E-state index contributed by atoms with van der Waals surface area (Å²) in [6, 6.07) is 7.05. The number of ketones is 1. The summed E-state index contributed by atoms with van der Waals surface area (Å²) in [5.41, 5.74) is 3.14. The van der Waals surface area contributed by atoms with Crippen molar-refractivity contribution in [2.24, 2.45) is 0 Å². The van der Waals surface area contributed by atoms with E-state index in [2.05, 4.69) is 5.32 Å². The molecule has 7 nitrogen and oxygen atoms in total. The van der Waals surface area contributed by atoms with Gasteiger partial charge < -0.3 is 20.1 Å². The molecule has 0 radical (unpaired) electrons. The number of fused-ring (bicyclic) bond motifs is 1. The fraction of sp³-hybridized carbons (Fsp3) is 0.483. The first kappa shape index (κ1) is 27.2. The number of hydrogen-bond donors (Lipinski definition) is 3. The van der Waals surface area contributed by atoms with Crippen molar-refractivity contribution in [3.05, 3.63) is 57.6 Å². The van der Waals surface area contributed by atoms with Gasteiger partial charge in [-0.15, -0.1) is 0 Å². The lowest BCUT2D eigenvalue weighted by atomic mass is 9.78. The number of nitrogens with one attached hydrogen (secondary N) is 2. The summed E-state index contributed by atoms with van der Waals surface area (Å²) >= 11 is 0. The van der Waals surface area contributed by atoms with E-state index >= 15 is 0 Å². The van der Waals surface area contributed by atoms with Gasteiger partial charge in [-0.3, -0.25) is 15.0 Å². The van der Waals surface area contributed by atoms with Crippen LogP contribution in [0.25, 0.3) is 0 Å². The first-order valence-corrected chi connectivity index (χ1v) is 12.5. The molecule has 36 heavy (non-hydrogen) atoms. The smallest absolute Gasteiger partial charge is 0.254 e. The first-order valence-electron chi connectivity index (χ1n) is 12.5. The van der Waals surface area contributed by atoms with Crippen LogP contribution in [0.1, 0.15) is 97.9 Å². The fourth-order valence-electron chi connectivity index (χ4n) is 4.41. The summed E-state index contributed by atoms with van der Waals surface area (Å²) in [5.74, 6) is 0.516. The SMILES string of the molecule is CCCOc1cc2c(cc1C(=O)NC)C(=N)N(CC(=O)c1cc(C(C)(C)C)c(O)c(C(C)(C)C)c1)C2. The van der Waals surface area contributed by atoms with Crippen LogP contribution < -0.4 is 10.1 Å². The molecular weight excluding hydrogens is 454 g/mol. The molecule has 2 aromatic carbocycles. The summed E-state index contributed by atoms with van der Waals surface area (Å²) in [4.78, 5) is 27.7. The Morgan fingerprint density at radius 1 is 1.06 bits per heavy atom. The molecule has 1 amide bonds. The molecule has 0 spiro atoms. The van der Waals surface area contributed by atoms with Crippen molar-refractivity contribution >= 4 is 17.5 Å². The summed E-state index contributed by atoms with van der Waals surface area (Å²) in [6.07, 6.45) is 0.806. The Kier molecular flexibility index (Phi) is 7.53. The standard InChI is InChI=1S/C29H39N3O4/c1-9-10-36-24-13-18-15-32(26(30)19(18)14-20(24)27(35)31-8)16-23(33)17-11-21(28(2,3)4)25(34)22(12-17)29(5,6)7/h11-14,30,34H,9-10,15-16H2,1-8H3,(H,31,35). The van der Waals surface area contributed by atoms with Crippen molar-refractivity contribution in [1.82, 2.24) is 10.2 Å². The van der Waals surface area contributed by atoms with Crippen LogP contribution in [0.3, 0.4) is 0 Å². The number of aromatic hydroxyl groups is 1. The fourth-order valence-corrected chi connectivity index (χ4v) is 4.41. The predicted molar refractivity (Wildman–Crippen MR) is 143 cm³/mol. The van der Waals surface area contributed by atoms with Crippen LogP contribution in [-0.4, -0.2) is 47.7 Å². The minimum Gasteiger partial charge on any atom is -0.507 e. The van der Waals surface area contributed by atoms with Gasteiger partial charge in [0, 0.05) is 35.8 Å². The lowest BCUT2D eigenvalue weighted by Gasteiger charge is -2.28. The van der Waals surface area contributed by atoms with Crippen molar-refractivity contribution in [2.75, 3.05) is 20.2 Å². The molecule has 0 aromatic heterocycles. The van der Waals surface area contributed by atoms with E-state index in [0.29, 0.717) is 35.6 Å². The number of carbonyl (C=O) groups is 2. The highest BCUT2D eigenvalue weighted by atomic mass is 16.5. The average Bonchev–Trinajstić information content (AvgIpc) is 3.09. The van der Waals surface area contributed by atoms with Crippen LogP contribution in [0.15, 0.2) is 24.3 Å². The molecule has 7 heteroatoms. The van der Waals surface area contributed by atoms with E-state index in [9.17, 15) is 14.7 Å². The highest BCUT2D eigenvalue weighted by Crippen LogP contribution is 2.40. The number of carbonyl (C=O) groups excluding carboxylic acids is 2. The average molecular weight is 494 g/mol. The molecule has 0 saturated carbocycles. The number of phenolic OH excluding ortho intramolecular Hbond substituents is 1. The van der Waals surface area contributed by atoms with E-state index in [4.69, 9.17) is 10.1 Å². The van der Waals surface area contributed by atoms with Crippen LogP contribution >= 0.6 is 0 Å². The van der Waals surface area contributed by atoms with Gasteiger partial charge in [-0.25, -0.2) is 0 Å². The van der Waals surface area contributed by atoms with Gasteiger partial charge in [0.2, 0.25) is 0 Å². The van der Waals surface area contributed by atoms with Gasteiger partial charge in [0.15, 0.2) is 5.78 Å². The van der Waals surface area contributed by atoms with Gasteiger partial charge >= 0.3 is 0 Å². The van der Waals surface area contributed by atoms with E-state index in [-0.39, 0.29) is 40.7 Å². The van der Waals surface area contributed by atoms with Gasteiger partial charge in [0.1, 0.15) is 17.3 Å². The maximum atomic E-state index is 13.5. The quantitative estimate of drug-likeness (QED) is 0.463. The van der Waals surface area contributed by atoms with Crippen molar-refractivity contribution in [1.29, 1.82) is 5.41 Å². The maximum Gasteiger partial charge on any atom is 0.254 e. The zero-order valence-corrected chi connectivity index (χ0v) is 22.8. The van der Waals surface area contributed by atoms with Gasteiger partial charge in [-0.1, -0.05) is 48.5 Å². The Balaban J connectivity index is 1.95. The molecule has 1 aliphatic rings. The molecule has 1 heterocycles. The monoisotopic (exact) mass is 493 g/mol. The lowest BCUT2D eigenvalue weighted by molar-refractivity contribution is 0.0952. The normalized spacial score (nSPS) is 13.6. The van der Waals surface area contributed by atoms with E-state index in [1.165, 1.54) is 0 Å². The number of amidine groups is 1. The predicted octanol–water partition coefficient (Wildman–Crippen LogP) is 5.16. The number of ether oxygens (including phenoxy) is 1. The Hall–Kier alpha value is -3.35. The van der Waals surface area contributed by atoms with Gasteiger partial charge in [0.25, 0.3) is 5.91 Å². The second-order valence-electron chi connectivity index (χ2n) is 11.5. The van der Waals surface area contributed by atoms with Gasteiger partial charge in [0.05, 0.1) is 18.7 Å². The Morgan fingerprint density at radius 2 is 1.64 bits per heavy atom. The van der Waals surface area contributed by atoms with Crippen molar-refractivity contribution in [2.45, 2.75) is 72.3 Å². The zero-order chi connectivity index (χ0) is 27.0. The molecule has 2 aromatic rings. The largest absolute Gasteiger partial charge is 0.507 e. The molecule has 0 fully saturated rings. The first-order chi connectivity index (χ1) is 16.7. The number of phenols is 1. The van der Waals surface area contributed by atoms with E-state index in [0.717, 1.165) is 23.1 Å². The molecule has 1 aliphatic heterocycles. The molecule has 194 valence electrons. The minimum atomic E-state index is -0.345. The zero-order valence-electron chi connectivity index (χ0n) is 22.8.